The molecule has 1 aliphatic heterocycles. The summed E-state index contributed by atoms with van der Waals surface area (Å²) in [5, 5.41) is 14.1. The van der Waals surface area contributed by atoms with Crippen LogP contribution >= 0.6 is 23.2 Å². The zero-order valence-electron chi connectivity index (χ0n) is 27.4. The number of likely N-dealkylation sites (tertiary alicyclic amines) is 1. The van der Waals surface area contributed by atoms with E-state index in [0.29, 0.717) is 28.8 Å². The Morgan fingerprint density at radius 3 is 2.25 bits per heavy atom. The molecule has 15 heteroatoms. The van der Waals surface area contributed by atoms with Crippen LogP contribution < -0.4 is 26.6 Å². The number of amides is 5. The van der Waals surface area contributed by atoms with Crippen LogP contribution in [0.3, 0.4) is 0 Å². The molecule has 1 saturated heterocycles. The lowest BCUT2D eigenvalue weighted by Crippen LogP contribution is -2.41. The molecule has 0 spiro atoms. The summed E-state index contributed by atoms with van der Waals surface area (Å²) in [6, 6.07) is 12.2. The summed E-state index contributed by atoms with van der Waals surface area (Å²) in [5.41, 5.74) is 2.12. The predicted molar refractivity (Wildman–Crippen MR) is 185 cm³/mol. The number of hydrogen-bond acceptors (Lipinski definition) is 8. The summed E-state index contributed by atoms with van der Waals surface area (Å²) < 4.78 is 5.07. The van der Waals surface area contributed by atoms with E-state index in [-0.39, 0.29) is 50.6 Å². The topological polar surface area (TPSA) is 161 Å². The van der Waals surface area contributed by atoms with E-state index in [1.165, 1.54) is 0 Å². The molecular weight excluding hydrogens is 661 g/mol. The summed E-state index contributed by atoms with van der Waals surface area (Å²) in [4.78, 5) is 65.9. The van der Waals surface area contributed by atoms with Gasteiger partial charge in [0.25, 0.3) is 0 Å². The van der Waals surface area contributed by atoms with Gasteiger partial charge in [0, 0.05) is 25.8 Å². The van der Waals surface area contributed by atoms with Gasteiger partial charge < -0.3 is 41.1 Å². The Balaban J connectivity index is 1.48. The number of benzene rings is 2. The van der Waals surface area contributed by atoms with Gasteiger partial charge in [-0.1, -0.05) is 41.4 Å². The third kappa shape index (κ3) is 13.8. The van der Waals surface area contributed by atoms with Crippen molar-refractivity contribution in [3.8, 4) is 0 Å². The highest BCUT2D eigenvalue weighted by atomic mass is 35.5. The van der Waals surface area contributed by atoms with Gasteiger partial charge >= 0.3 is 0 Å². The van der Waals surface area contributed by atoms with Crippen LogP contribution in [0.15, 0.2) is 42.5 Å². The Morgan fingerprint density at radius 2 is 1.54 bits per heavy atom. The van der Waals surface area contributed by atoms with Crippen molar-refractivity contribution in [1.82, 2.24) is 31.1 Å². The van der Waals surface area contributed by atoms with E-state index in [2.05, 4.69) is 31.5 Å². The highest BCUT2D eigenvalue weighted by Crippen LogP contribution is 2.27. The smallest absolute Gasteiger partial charge is 0.246 e. The number of ether oxygens (including phenoxy) is 1. The minimum absolute atomic E-state index is 0.0883. The van der Waals surface area contributed by atoms with Gasteiger partial charge in [0.05, 0.1) is 35.6 Å². The lowest BCUT2D eigenvalue weighted by molar-refractivity contribution is -0.133. The monoisotopic (exact) mass is 705 g/mol. The van der Waals surface area contributed by atoms with Crippen LogP contribution in [0.4, 0.5) is 5.69 Å². The second-order valence-corrected chi connectivity index (χ2v) is 12.3. The van der Waals surface area contributed by atoms with Gasteiger partial charge in [-0.2, -0.15) is 0 Å². The number of carbonyl (C=O) groups excluding carboxylic acids is 5. The molecule has 5 amide bonds. The Bertz CT molecular complexity index is 1410. The van der Waals surface area contributed by atoms with Crippen molar-refractivity contribution in [2.75, 3.05) is 78.4 Å². The van der Waals surface area contributed by atoms with Crippen molar-refractivity contribution < 1.29 is 28.7 Å². The lowest BCUT2D eigenvalue weighted by atomic mass is 10.0. The van der Waals surface area contributed by atoms with Gasteiger partial charge in [0.15, 0.2) is 0 Å². The average molecular weight is 707 g/mol. The quantitative estimate of drug-likeness (QED) is 0.138. The minimum atomic E-state index is -0.571. The molecule has 0 radical (unpaired) electrons. The number of nitrogens with zero attached hydrogens (tertiary/aromatic N) is 2. The van der Waals surface area contributed by atoms with Crippen molar-refractivity contribution in [3.63, 3.8) is 0 Å². The van der Waals surface area contributed by atoms with Crippen LogP contribution in [0.5, 0.6) is 0 Å². The van der Waals surface area contributed by atoms with Gasteiger partial charge in [-0.05, 0) is 81.3 Å². The molecule has 2 aromatic rings. The highest BCUT2D eigenvalue weighted by Gasteiger charge is 2.26. The zero-order valence-corrected chi connectivity index (χ0v) is 28.9. The van der Waals surface area contributed by atoms with Crippen LogP contribution in [-0.4, -0.2) is 112 Å². The number of carbonyl (C=O) groups is 5. The fourth-order valence-electron chi connectivity index (χ4n) is 5.06. The first-order chi connectivity index (χ1) is 23.0. The Hall–Kier alpha value is -3.75. The first kappa shape index (κ1) is 38.7. The number of nitrogens with one attached hydrogen (secondary N) is 5. The van der Waals surface area contributed by atoms with Crippen LogP contribution in [-0.2, 0) is 35.1 Å². The van der Waals surface area contributed by atoms with E-state index < -0.39 is 17.7 Å². The standard InChI is InChI=1S/C33H45Cl2N7O6/c1-36-11-6-12-37-31(45)21-48-22-32(46)39-18-29(43)38-19-30(44)40-25-8-5-7-24(17-25)28(20-42-13-3-4-14-42)41(2)33(47)16-23-9-10-26(34)27(35)15-23/h5,7-10,15,17,28,36H,3-4,6,11-14,16,18-22H2,1-2H3,(H,37,45)(H,38,43)(H,39,46)(H,40,44)/t28-/m1/s1. The maximum Gasteiger partial charge on any atom is 0.246 e. The number of likely N-dealkylation sites (N-methyl/N-ethyl adjacent to an activating group) is 1. The first-order valence-corrected chi connectivity index (χ1v) is 16.7. The second-order valence-electron chi connectivity index (χ2n) is 11.5. The van der Waals surface area contributed by atoms with Crippen LogP contribution in [0.1, 0.15) is 36.4 Å². The number of anilines is 1. The summed E-state index contributed by atoms with van der Waals surface area (Å²) in [5.74, 6) is -2.03. The summed E-state index contributed by atoms with van der Waals surface area (Å²) in [6.45, 7) is 2.46. The number of hydrogen-bond donors (Lipinski definition) is 5. The number of halogens is 2. The van der Waals surface area contributed by atoms with Gasteiger partial charge in [-0.15, -0.1) is 0 Å². The Kier molecular flexibility index (Phi) is 16.6. The summed E-state index contributed by atoms with van der Waals surface area (Å²) >= 11 is 12.2. The van der Waals surface area contributed by atoms with Crippen LogP contribution in [0.2, 0.25) is 10.0 Å². The first-order valence-electron chi connectivity index (χ1n) is 15.9. The molecule has 5 N–H and O–H groups in total. The summed E-state index contributed by atoms with van der Waals surface area (Å²) in [6.07, 6.45) is 3.12. The Labute approximate surface area is 291 Å². The molecular formula is C33H45Cl2N7O6. The van der Waals surface area contributed by atoms with E-state index >= 15 is 0 Å². The summed E-state index contributed by atoms with van der Waals surface area (Å²) in [7, 11) is 3.59. The molecule has 2 aromatic carbocycles. The van der Waals surface area contributed by atoms with Gasteiger partial charge in [0.2, 0.25) is 29.5 Å². The largest absolute Gasteiger partial charge is 0.362 e. The normalized spacial score (nSPS) is 13.4. The second kappa shape index (κ2) is 20.6. The maximum atomic E-state index is 13.4. The molecule has 1 aliphatic rings. The molecule has 0 aromatic heterocycles. The van der Waals surface area contributed by atoms with Crippen molar-refractivity contribution in [1.29, 1.82) is 0 Å². The molecule has 13 nitrogen and oxygen atoms in total. The fourth-order valence-corrected chi connectivity index (χ4v) is 5.39. The molecule has 48 heavy (non-hydrogen) atoms. The molecule has 1 fully saturated rings. The van der Waals surface area contributed by atoms with Gasteiger partial charge in [-0.3, -0.25) is 24.0 Å². The van der Waals surface area contributed by atoms with E-state index in [1.54, 1.807) is 36.2 Å². The van der Waals surface area contributed by atoms with Gasteiger partial charge in [-0.25, -0.2) is 0 Å². The molecule has 1 heterocycles. The number of rotatable bonds is 19. The molecule has 0 unspecified atom stereocenters. The zero-order chi connectivity index (χ0) is 34.9. The third-order valence-electron chi connectivity index (χ3n) is 7.67. The average Bonchev–Trinajstić information content (AvgIpc) is 3.58. The van der Waals surface area contributed by atoms with E-state index in [4.69, 9.17) is 27.9 Å². The minimum Gasteiger partial charge on any atom is -0.362 e. The SMILES string of the molecule is CNCCCNC(=O)COCC(=O)NCC(=O)NCC(=O)Nc1cccc([C@@H](CN2CCCC2)N(C)C(=O)Cc2ccc(Cl)c(Cl)c2)c1. The van der Waals surface area contributed by atoms with Crippen LogP contribution in [0.25, 0.3) is 0 Å². The fraction of sp³-hybridized carbons (Fsp3) is 0.485. The van der Waals surface area contributed by atoms with Crippen molar-refractivity contribution >= 4 is 58.4 Å². The third-order valence-corrected chi connectivity index (χ3v) is 8.41. The van der Waals surface area contributed by atoms with Crippen molar-refractivity contribution in [3.05, 3.63) is 63.6 Å². The van der Waals surface area contributed by atoms with Crippen molar-refractivity contribution in [2.24, 2.45) is 0 Å². The van der Waals surface area contributed by atoms with E-state index in [9.17, 15) is 24.0 Å². The van der Waals surface area contributed by atoms with E-state index in [0.717, 1.165) is 50.0 Å². The molecule has 0 bridgehead atoms. The van der Waals surface area contributed by atoms with Crippen molar-refractivity contribution in [2.45, 2.75) is 31.7 Å². The molecule has 262 valence electrons. The van der Waals surface area contributed by atoms with E-state index in [1.807, 2.05) is 25.2 Å². The van der Waals surface area contributed by atoms with Gasteiger partial charge in [0.1, 0.15) is 13.2 Å². The molecule has 3 rings (SSSR count). The maximum absolute atomic E-state index is 13.4. The predicted octanol–water partition coefficient (Wildman–Crippen LogP) is 1.74. The molecule has 0 aliphatic carbocycles. The molecule has 0 saturated carbocycles. The van der Waals surface area contributed by atoms with Crippen LogP contribution in [0, 0.1) is 0 Å². The lowest BCUT2D eigenvalue weighted by Gasteiger charge is -2.32. The Morgan fingerprint density at radius 1 is 0.854 bits per heavy atom. The molecule has 1 atom stereocenters. The highest BCUT2D eigenvalue weighted by molar-refractivity contribution is 6.42.